The summed E-state index contributed by atoms with van der Waals surface area (Å²) in [7, 11) is 3.19. The summed E-state index contributed by atoms with van der Waals surface area (Å²) < 4.78 is 37.5. The first-order valence-electron chi connectivity index (χ1n) is 4.15. The average Bonchev–Trinajstić information content (AvgIpc) is 2.15. The Labute approximate surface area is 85.5 Å². The van der Waals surface area contributed by atoms with Gasteiger partial charge in [0.1, 0.15) is 6.07 Å². The summed E-state index contributed by atoms with van der Waals surface area (Å²) in [5.74, 6) is 0. The molecule has 2 nitrogen and oxygen atoms in total. The number of halogens is 3. The molecule has 0 radical (unpaired) electrons. The molecule has 0 spiro atoms. The van der Waals surface area contributed by atoms with Gasteiger partial charge in [-0.05, 0) is 12.1 Å². The molecule has 0 heterocycles. The van der Waals surface area contributed by atoms with Gasteiger partial charge >= 0.3 is 6.18 Å². The maximum absolute atomic E-state index is 12.5. The summed E-state index contributed by atoms with van der Waals surface area (Å²) in [5, 5.41) is 8.73. The van der Waals surface area contributed by atoms with Crippen molar-refractivity contribution in [2.24, 2.45) is 0 Å². The topological polar surface area (TPSA) is 27.0 Å². The lowest BCUT2D eigenvalue weighted by atomic mass is 10.1. The molecule has 0 saturated heterocycles. The third kappa shape index (κ3) is 2.21. The number of alkyl halides is 3. The highest BCUT2D eigenvalue weighted by molar-refractivity contribution is 5.62. The Kier molecular flexibility index (Phi) is 2.89. The first-order valence-corrected chi connectivity index (χ1v) is 4.15. The number of nitriles is 1. The Bertz CT molecular complexity index is 402. The molecular weight excluding hydrogens is 205 g/mol. The van der Waals surface area contributed by atoms with Crippen molar-refractivity contribution in [2.75, 3.05) is 19.0 Å². The maximum Gasteiger partial charge on any atom is 0.417 e. The molecule has 0 aliphatic rings. The van der Waals surface area contributed by atoms with Gasteiger partial charge in [-0.15, -0.1) is 0 Å². The normalized spacial score (nSPS) is 10.9. The summed E-state index contributed by atoms with van der Waals surface area (Å²) in [6.45, 7) is 0. The van der Waals surface area contributed by atoms with Crippen LogP contribution >= 0.6 is 0 Å². The molecule has 80 valence electrons. The predicted molar refractivity (Wildman–Crippen MR) is 50.5 cm³/mol. The third-order valence-corrected chi connectivity index (χ3v) is 1.94. The van der Waals surface area contributed by atoms with Gasteiger partial charge in [-0.25, -0.2) is 0 Å². The molecule has 0 fully saturated rings. The highest BCUT2D eigenvalue weighted by atomic mass is 19.4. The molecule has 1 aromatic rings. The van der Waals surface area contributed by atoms with Crippen LogP contribution in [0.5, 0.6) is 0 Å². The van der Waals surface area contributed by atoms with Crippen molar-refractivity contribution < 1.29 is 13.2 Å². The lowest BCUT2D eigenvalue weighted by Crippen LogP contribution is -2.15. The van der Waals surface area contributed by atoms with Gasteiger partial charge in [-0.3, -0.25) is 0 Å². The number of hydrogen-bond donors (Lipinski definition) is 0. The van der Waals surface area contributed by atoms with Gasteiger partial charge in [0.15, 0.2) is 0 Å². The van der Waals surface area contributed by atoms with Gasteiger partial charge < -0.3 is 4.90 Å². The molecule has 0 aliphatic heterocycles. The molecule has 0 amide bonds. The molecule has 0 bridgehead atoms. The first-order chi connectivity index (χ1) is 6.88. The van der Waals surface area contributed by atoms with Gasteiger partial charge in [0.25, 0.3) is 0 Å². The summed E-state index contributed by atoms with van der Waals surface area (Å²) in [4.78, 5) is 1.48. The standard InChI is InChI=1S/C10H9F3N2/c1-15(2)9-5-3-4-8(7(9)6-14)10(11,12)13/h3-5H,1-2H3. The Hall–Kier alpha value is -1.70. The molecule has 15 heavy (non-hydrogen) atoms. The maximum atomic E-state index is 12.5. The average molecular weight is 214 g/mol. The van der Waals surface area contributed by atoms with Crippen molar-refractivity contribution >= 4 is 5.69 Å². The Morgan fingerprint density at radius 2 is 1.87 bits per heavy atom. The highest BCUT2D eigenvalue weighted by Gasteiger charge is 2.34. The van der Waals surface area contributed by atoms with E-state index in [2.05, 4.69) is 0 Å². The Morgan fingerprint density at radius 1 is 1.27 bits per heavy atom. The monoisotopic (exact) mass is 214 g/mol. The zero-order valence-electron chi connectivity index (χ0n) is 8.26. The predicted octanol–water partition coefficient (Wildman–Crippen LogP) is 2.64. The molecular formula is C10H9F3N2. The van der Waals surface area contributed by atoms with Crippen molar-refractivity contribution in [1.82, 2.24) is 0 Å². The Morgan fingerprint density at radius 3 is 2.27 bits per heavy atom. The van der Waals surface area contributed by atoms with E-state index in [1.54, 1.807) is 20.2 Å². The van der Waals surface area contributed by atoms with E-state index in [-0.39, 0.29) is 11.3 Å². The van der Waals surface area contributed by atoms with Crippen LogP contribution < -0.4 is 4.90 Å². The second kappa shape index (κ2) is 3.81. The van der Waals surface area contributed by atoms with Crippen molar-refractivity contribution in [2.45, 2.75) is 6.18 Å². The minimum atomic E-state index is -4.49. The fourth-order valence-electron chi connectivity index (χ4n) is 1.27. The van der Waals surface area contributed by atoms with E-state index >= 15 is 0 Å². The van der Waals surface area contributed by atoms with E-state index in [1.807, 2.05) is 0 Å². The highest BCUT2D eigenvalue weighted by Crippen LogP contribution is 2.35. The van der Waals surface area contributed by atoms with Crippen LogP contribution in [-0.4, -0.2) is 14.1 Å². The van der Waals surface area contributed by atoms with Crippen LogP contribution in [0.25, 0.3) is 0 Å². The van der Waals surface area contributed by atoms with E-state index in [4.69, 9.17) is 5.26 Å². The van der Waals surface area contributed by atoms with Gasteiger partial charge in [0, 0.05) is 14.1 Å². The number of hydrogen-bond acceptors (Lipinski definition) is 2. The number of anilines is 1. The molecule has 5 heteroatoms. The smallest absolute Gasteiger partial charge is 0.377 e. The molecule has 0 N–H and O–H groups in total. The van der Waals surface area contributed by atoms with Crippen LogP contribution in [0.3, 0.4) is 0 Å². The SMILES string of the molecule is CN(C)c1cccc(C(F)(F)F)c1C#N. The van der Waals surface area contributed by atoms with E-state index in [0.717, 1.165) is 6.07 Å². The zero-order valence-corrected chi connectivity index (χ0v) is 8.26. The molecule has 0 unspecified atom stereocenters. The van der Waals surface area contributed by atoms with Gasteiger partial charge in [0.05, 0.1) is 16.8 Å². The van der Waals surface area contributed by atoms with E-state index in [9.17, 15) is 13.2 Å². The van der Waals surface area contributed by atoms with Crippen LogP contribution in [0.4, 0.5) is 18.9 Å². The third-order valence-electron chi connectivity index (χ3n) is 1.94. The molecule has 1 aromatic carbocycles. The van der Waals surface area contributed by atoms with Crippen LogP contribution in [0.1, 0.15) is 11.1 Å². The summed E-state index contributed by atoms with van der Waals surface area (Å²) >= 11 is 0. The minimum Gasteiger partial charge on any atom is -0.377 e. The van der Waals surface area contributed by atoms with E-state index in [1.165, 1.54) is 17.0 Å². The van der Waals surface area contributed by atoms with E-state index < -0.39 is 11.7 Å². The summed E-state index contributed by atoms with van der Waals surface area (Å²) in [6, 6.07) is 5.27. The second-order valence-electron chi connectivity index (χ2n) is 3.20. The fourth-order valence-corrected chi connectivity index (χ4v) is 1.27. The second-order valence-corrected chi connectivity index (χ2v) is 3.20. The number of benzene rings is 1. The first kappa shape index (κ1) is 11.4. The van der Waals surface area contributed by atoms with Crippen LogP contribution in [-0.2, 0) is 6.18 Å². The zero-order chi connectivity index (χ0) is 11.6. The fraction of sp³-hybridized carbons (Fsp3) is 0.300. The van der Waals surface area contributed by atoms with E-state index in [0.29, 0.717) is 0 Å². The van der Waals surface area contributed by atoms with Gasteiger partial charge in [-0.2, -0.15) is 18.4 Å². The largest absolute Gasteiger partial charge is 0.417 e. The number of nitrogens with zero attached hydrogens (tertiary/aromatic N) is 2. The molecule has 0 saturated carbocycles. The van der Waals surface area contributed by atoms with Crippen molar-refractivity contribution in [1.29, 1.82) is 5.26 Å². The van der Waals surface area contributed by atoms with Crippen molar-refractivity contribution in [3.8, 4) is 6.07 Å². The lowest BCUT2D eigenvalue weighted by molar-refractivity contribution is -0.137. The van der Waals surface area contributed by atoms with Crippen molar-refractivity contribution in [3.05, 3.63) is 29.3 Å². The van der Waals surface area contributed by atoms with Crippen LogP contribution in [0.15, 0.2) is 18.2 Å². The molecule has 0 atom stereocenters. The lowest BCUT2D eigenvalue weighted by Gasteiger charge is -2.17. The molecule has 1 rings (SSSR count). The van der Waals surface area contributed by atoms with Crippen LogP contribution in [0, 0.1) is 11.3 Å². The quantitative estimate of drug-likeness (QED) is 0.718. The van der Waals surface area contributed by atoms with Gasteiger partial charge in [-0.1, -0.05) is 6.07 Å². The minimum absolute atomic E-state index is 0.271. The summed E-state index contributed by atoms with van der Waals surface area (Å²) in [5.41, 5.74) is -0.960. The summed E-state index contributed by atoms with van der Waals surface area (Å²) in [6.07, 6.45) is -4.49. The Balaban J connectivity index is 3.44. The van der Waals surface area contributed by atoms with Gasteiger partial charge in [0.2, 0.25) is 0 Å². The molecule has 0 aliphatic carbocycles. The van der Waals surface area contributed by atoms with Crippen molar-refractivity contribution in [3.63, 3.8) is 0 Å². The number of rotatable bonds is 1. The van der Waals surface area contributed by atoms with Crippen LogP contribution in [0.2, 0.25) is 0 Å². The molecule has 0 aromatic heterocycles.